The molecule has 0 saturated carbocycles. The molecule has 1 aliphatic rings. The highest BCUT2D eigenvalue weighted by atomic mass is 35.5. The molecule has 3 heteroatoms. The lowest BCUT2D eigenvalue weighted by molar-refractivity contribution is 0.187. The normalized spacial score (nSPS) is 22.0. The molecule has 0 bridgehead atoms. The van der Waals surface area contributed by atoms with E-state index in [2.05, 4.69) is 17.4 Å². The van der Waals surface area contributed by atoms with Gasteiger partial charge >= 0.3 is 0 Å². The summed E-state index contributed by atoms with van der Waals surface area (Å²) in [7, 11) is 0. The first-order valence-electron chi connectivity index (χ1n) is 5.82. The van der Waals surface area contributed by atoms with E-state index in [0.29, 0.717) is 5.92 Å². The average Bonchev–Trinajstić information content (AvgIpc) is 2.79. The summed E-state index contributed by atoms with van der Waals surface area (Å²) in [6.45, 7) is 4.76. The van der Waals surface area contributed by atoms with E-state index in [9.17, 15) is 0 Å². The molecule has 0 spiro atoms. The van der Waals surface area contributed by atoms with E-state index >= 15 is 0 Å². The molecule has 0 aromatic heterocycles. The number of rotatable bonds is 4. The summed E-state index contributed by atoms with van der Waals surface area (Å²) in [5.41, 5.74) is 2.32. The van der Waals surface area contributed by atoms with Crippen molar-refractivity contribution in [1.29, 1.82) is 0 Å². The number of hydrogen-bond donors (Lipinski definition) is 1. The van der Waals surface area contributed by atoms with E-state index in [-0.39, 0.29) is 5.38 Å². The van der Waals surface area contributed by atoms with Gasteiger partial charge < -0.3 is 10.1 Å². The summed E-state index contributed by atoms with van der Waals surface area (Å²) in [6, 6.07) is 8.23. The van der Waals surface area contributed by atoms with Crippen molar-refractivity contribution in [1.82, 2.24) is 0 Å². The molecular formula is C13H18ClNO. The maximum Gasteiger partial charge on any atom is 0.0577 e. The minimum absolute atomic E-state index is 0.0449. The zero-order chi connectivity index (χ0) is 11.4. The van der Waals surface area contributed by atoms with Gasteiger partial charge in [-0.3, -0.25) is 0 Å². The third-order valence-corrected chi connectivity index (χ3v) is 3.23. The van der Waals surface area contributed by atoms with Crippen LogP contribution in [-0.2, 0) is 4.74 Å². The van der Waals surface area contributed by atoms with Crippen LogP contribution in [0.15, 0.2) is 24.3 Å². The number of hydrogen-bond acceptors (Lipinski definition) is 2. The molecular weight excluding hydrogens is 222 g/mol. The Morgan fingerprint density at radius 3 is 3.00 bits per heavy atom. The van der Waals surface area contributed by atoms with Crippen molar-refractivity contribution >= 4 is 17.3 Å². The predicted molar refractivity (Wildman–Crippen MR) is 68.1 cm³/mol. The second-order valence-electron chi connectivity index (χ2n) is 4.31. The fraction of sp³-hybridized carbons (Fsp3) is 0.538. The highest BCUT2D eigenvalue weighted by Gasteiger charge is 2.16. The standard InChI is InChI=1S/C13H18ClNO/c1-10(14)12-4-2-3-5-13(12)15-8-11-6-7-16-9-11/h2-5,10-11,15H,6-9H2,1H3. The molecule has 1 aromatic carbocycles. The zero-order valence-electron chi connectivity index (χ0n) is 9.58. The second-order valence-corrected chi connectivity index (χ2v) is 4.97. The summed E-state index contributed by atoms with van der Waals surface area (Å²) in [5.74, 6) is 0.638. The SMILES string of the molecule is CC(Cl)c1ccccc1NCC1CCOC1. The number of ether oxygens (including phenoxy) is 1. The average molecular weight is 240 g/mol. The third kappa shape index (κ3) is 2.89. The van der Waals surface area contributed by atoms with Crippen LogP contribution in [0.25, 0.3) is 0 Å². The molecule has 2 unspecified atom stereocenters. The molecule has 0 radical (unpaired) electrons. The van der Waals surface area contributed by atoms with Crippen LogP contribution >= 0.6 is 11.6 Å². The molecule has 2 nitrogen and oxygen atoms in total. The Bertz CT molecular complexity index is 334. The summed E-state index contributed by atoms with van der Waals surface area (Å²) in [4.78, 5) is 0. The molecule has 0 amide bonds. The van der Waals surface area contributed by atoms with E-state index in [4.69, 9.17) is 16.3 Å². The molecule has 88 valence electrons. The summed E-state index contributed by atoms with van der Waals surface area (Å²) >= 11 is 6.14. The van der Waals surface area contributed by atoms with Gasteiger partial charge in [-0.25, -0.2) is 0 Å². The number of nitrogens with one attached hydrogen (secondary N) is 1. The first-order chi connectivity index (χ1) is 7.77. The van der Waals surface area contributed by atoms with Crippen LogP contribution in [0.5, 0.6) is 0 Å². The van der Waals surface area contributed by atoms with Gasteiger partial charge in [-0.1, -0.05) is 18.2 Å². The van der Waals surface area contributed by atoms with Crippen molar-refractivity contribution in [2.45, 2.75) is 18.7 Å². The first kappa shape index (κ1) is 11.7. The van der Waals surface area contributed by atoms with Crippen LogP contribution in [0.4, 0.5) is 5.69 Å². The molecule has 1 heterocycles. The van der Waals surface area contributed by atoms with Gasteiger partial charge in [0.1, 0.15) is 0 Å². The monoisotopic (exact) mass is 239 g/mol. The summed E-state index contributed by atoms with van der Waals surface area (Å²) in [5, 5.41) is 3.52. The van der Waals surface area contributed by atoms with E-state index in [1.165, 1.54) is 5.56 Å². The molecule has 1 fully saturated rings. The molecule has 1 aromatic rings. The highest BCUT2D eigenvalue weighted by Crippen LogP contribution is 2.27. The zero-order valence-corrected chi connectivity index (χ0v) is 10.3. The quantitative estimate of drug-likeness (QED) is 0.813. The lowest BCUT2D eigenvalue weighted by Crippen LogP contribution is -2.15. The topological polar surface area (TPSA) is 21.3 Å². The van der Waals surface area contributed by atoms with Gasteiger partial charge in [0, 0.05) is 24.8 Å². The van der Waals surface area contributed by atoms with Gasteiger partial charge in [-0.15, -0.1) is 11.6 Å². The number of halogens is 1. The van der Waals surface area contributed by atoms with E-state index in [1.54, 1.807) is 0 Å². The van der Waals surface area contributed by atoms with Crippen molar-refractivity contribution in [3.63, 3.8) is 0 Å². The number of anilines is 1. The minimum Gasteiger partial charge on any atom is -0.384 e. The van der Waals surface area contributed by atoms with Gasteiger partial charge in [-0.2, -0.15) is 0 Å². The van der Waals surface area contributed by atoms with Crippen molar-refractivity contribution in [2.75, 3.05) is 25.1 Å². The van der Waals surface area contributed by atoms with Crippen LogP contribution in [0.3, 0.4) is 0 Å². The molecule has 2 atom stereocenters. The van der Waals surface area contributed by atoms with Crippen molar-refractivity contribution in [2.24, 2.45) is 5.92 Å². The Hall–Kier alpha value is -0.730. The van der Waals surface area contributed by atoms with Crippen molar-refractivity contribution in [3.8, 4) is 0 Å². The second kappa shape index (κ2) is 5.55. The molecule has 16 heavy (non-hydrogen) atoms. The lowest BCUT2D eigenvalue weighted by Gasteiger charge is -2.15. The summed E-state index contributed by atoms with van der Waals surface area (Å²) in [6.07, 6.45) is 1.16. The Labute approximate surface area is 102 Å². The Morgan fingerprint density at radius 1 is 1.50 bits per heavy atom. The smallest absolute Gasteiger partial charge is 0.0577 e. The fourth-order valence-corrected chi connectivity index (χ4v) is 2.19. The Kier molecular flexibility index (Phi) is 4.08. The van der Waals surface area contributed by atoms with E-state index in [0.717, 1.165) is 31.9 Å². The van der Waals surface area contributed by atoms with Gasteiger partial charge in [0.25, 0.3) is 0 Å². The van der Waals surface area contributed by atoms with Crippen LogP contribution in [0.1, 0.15) is 24.3 Å². The summed E-state index contributed by atoms with van der Waals surface area (Å²) < 4.78 is 5.36. The van der Waals surface area contributed by atoms with Gasteiger partial charge in [-0.05, 0) is 25.0 Å². The third-order valence-electron chi connectivity index (χ3n) is 2.99. The van der Waals surface area contributed by atoms with Crippen LogP contribution in [0, 0.1) is 5.92 Å². The van der Waals surface area contributed by atoms with Crippen molar-refractivity contribution < 1.29 is 4.74 Å². The minimum atomic E-state index is 0.0449. The molecule has 0 aliphatic carbocycles. The van der Waals surface area contributed by atoms with E-state index in [1.807, 2.05) is 19.1 Å². The van der Waals surface area contributed by atoms with Gasteiger partial charge in [0.2, 0.25) is 0 Å². The van der Waals surface area contributed by atoms with Gasteiger partial charge in [0.15, 0.2) is 0 Å². The molecule has 1 N–H and O–H groups in total. The largest absolute Gasteiger partial charge is 0.384 e. The molecule has 1 aliphatic heterocycles. The van der Waals surface area contributed by atoms with Gasteiger partial charge in [0.05, 0.1) is 12.0 Å². The van der Waals surface area contributed by atoms with Crippen LogP contribution in [0.2, 0.25) is 0 Å². The molecule has 2 rings (SSSR count). The van der Waals surface area contributed by atoms with E-state index < -0.39 is 0 Å². The van der Waals surface area contributed by atoms with Crippen molar-refractivity contribution in [3.05, 3.63) is 29.8 Å². The number of alkyl halides is 1. The van der Waals surface area contributed by atoms with Crippen LogP contribution < -0.4 is 5.32 Å². The maximum atomic E-state index is 6.14. The predicted octanol–water partition coefficient (Wildman–Crippen LogP) is 3.43. The Balaban J connectivity index is 1.97. The number of benzene rings is 1. The Morgan fingerprint density at radius 2 is 2.31 bits per heavy atom. The van der Waals surface area contributed by atoms with Crippen LogP contribution in [-0.4, -0.2) is 19.8 Å². The highest BCUT2D eigenvalue weighted by molar-refractivity contribution is 6.21. The number of para-hydroxylation sites is 1. The maximum absolute atomic E-state index is 6.14. The fourth-order valence-electron chi connectivity index (χ4n) is 2.00. The molecule has 1 saturated heterocycles. The lowest BCUT2D eigenvalue weighted by atomic mass is 10.1. The first-order valence-corrected chi connectivity index (χ1v) is 6.25.